The molecule has 6 atom stereocenters. The van der Waals surface area contributed by atoms with Gasteiger partial charge in [0.25, 0.3) is 0 Å². The summed E-state index contributed by atoms with van der Waals surface area (Å²) in [4.78, 5) is 45.0. The van der Waals surface area contributed by atoms with E-state index < -0.39 is 54.7 Å². The maximum absolute atomic E-state index is 11.4. The zero-order valence-electron chi connectivity index (χ0n) is 13.8. The van der Waals surface area contributed by atoms with Gasteiger partial charge in [-0.25, -0.2) is 4.79 Å². The highest BCUT2D eigenvalue weighted by Gasteiger charge is 2.52. The zero-order valence-corrected chi connectivity index (χ0v) is 15.0. The molecule has 2 N–H and O–H groups in total. The molecule has 1 unspecified atom stereocenters. The number of ether oxygens (including phenoxy) is 5. The summed E-state index contributed by atoms with van der Waals surface area (Å²) < 4.78 is 30.5. The van der Waals surface area contributed by atoms with Crippen LogP contribution in [0.2, 0.25) is 0 Å². The van der Waals surface area contributed by atoms with Crippen molar-refractivity contribution in [3.8, 4) is 0 Å². The molecule has 25 heavy (non-hydrogen) atoms. The van der Waals surface area contributed by atoms with Gasteiger partial charge in [0.15, 0.2) is 18.3 Å². The predicted molar refractivity (Wildman–Crippen MR) is 81.7 cm³/mol. The summed E-state index contributed by atoms with van der Waals surface area (Å²) in [5.74, 6) is -2.07. The van der Waals surface area contributed by atoms with Gasteiger partial charge >= 0.3 is 24.0 Å². The number of hydrogen-bond donors (Lipinski definition) is 1. The van der Waals surface area contributed by atoms with Crippen molar-refractivity contribution in [2.24, 2.45) is 5.73 Å². The van der Waals surface area contributed by atoms with Gasteiger partial charge in [0.05, 0.1) is 0 Å². The molecule has 1 fully saturated rings. The summed E-state index contributed by atoms with van der Waals surface area (Å²) in [7, 11) is 1.91. The van der Waals surface area contributed by atoms with Gasteiger partial charge in [-0.1, -0.05) is 0 Å². The first kappa shape index (κ1) is 21.1. The Bertz CT molecular complexity index is 527. The second-order valence-corrected chi connectivity index (χ2v) is 5.30. The Balaban J connectivity index is 3.18. The fourth-order valence-electron chi connectivity index (χ4n) is 2.24. The largest absolute Gasteiger partial charge is 0.463 e. The average molecular weight is 381 g/mol. The van der Waals surface area contributed by atoms with E-state index in [4.69, 9.17) is 33.9 Å². The van der Waals surface area contributed by atoms with E-state index in [9.17, 15) is 19.2 Å². The van der Waals surface area contributed by atoms with Gasteiger partial charge in [0, 0.05) is 30.2 Å². The van der Waals surface area contributed by atoms with Crippen molar-refractivity contribution in [3.05, 3.63) is 0 Å². The minimum Gasteiger partial charge on any atom is -0.463 e. The van der Waals surface area contributed by atoms with Crippen LogP contribution in [0.5, 0.6) is 0 Å². The smallest absolute Gasteiger partial charge is 0.405 e. The van der Waals surface area contributed by atoms with Crippen LogP contribution in [0.15, 0.2) is 0 Å². The van der Waals surface area contributed by atoms with Crippen LogP contribution in [0.25, 0.3) is 0 Å². The van der Waals surface area contributed by atoms with E-state index in [0.717, 1.165) is 13.8 Å². The molecule has 142 valence electrons. The van der Waals surface area contributed by atoms with Crippen molar-refractivity contribution in [2.75, 3.05) is 6.61 Å². The van der Waals surface area contributed by atoms with Gasteiger partial charge in [-0.05, 0) is 0 Å². The lowest BCUT2D eigenvalue weighted by atomic mass is 9.98. The fourth-order valence-corrected chi connectivity index (χ4v) is 2.46. The highest BCUT2D eigenvalue weighted by atomic mass is 31.0. The van der Waals surface area contributed by atoms with Crippen molar-refractivity contribution >= 4 is 33.5 Å². The SMILES string of the molecule is CC(=O)OC[C@H]1O[C@H](OP)[C@@H](OC(C)=O)[C@@H](OC(C)=O)[C@@H]1OC(N)=O. The minimum atomic E-state index is -1.30. The van der Waals surface area contributed by atoms with E-state index >= 15 is 0 Å². The average Bonchev–Trinajstić information content (AvgIpc) is 2.48. The Hall–Kier alpha value is -1.97. The van der Waals surface area contributed by atoms with Crippen molar-refractivity contribution in [1.29, 1.82) is 0 Å². The van der Waals surface area contributed by atoms with Crippen LogP contribution >= 0.6 is 9.47 Å². The number of esters is 3. The molecular weight excluding hydrogens is 361 g/mol. The summed E-state index contributed by atoms with van der Waals surface area (Å²) in [5, 5.41) is 0. The number of amides is 1. The first-order valence-corrected chi connectivity index (χ1v) is 7.57. The third-order valence-electron chi connectivity index (χ3n) is 3.03. The molecule has 0 bridgehead atoms. The van der Waals surface area contributed by atoms with E-state index in [-0.39, 0.29) is 6.61 Å². The van der Waals surface area contributed by atoms with Gasteiger partial charge in [-0.2, -0.15) is 0 Å². The summed E-state index contributed by atoms with van der Waals surface area (Å²) in [6, 6.07) is 0. The van der Waals surface area contributed by atoms with E-state index in [1.54, 1.807) is 0 Å². The summed E-state index contributed by atoms with van der Waals surface area (Å²) in [6.45, 7) is 3.06. The fraction of sp³-hybridized carbons (Fsp3) is 0.692. The van der Waals surface area contributed by atoms with Gasteiger partial charge in [-0.15, -0.1) is 0 Å². The Kier molecular flexibility index (Phi) is 8.01. The normalized spacial score (nSPS) is 28.6. The monoisotopic (exact) mass is 381 g/mol. The van der Waals surface area contributed by atoms with E-state index in [2.05, 4.69) is 0 Å². The van der Waals surface area contributed by atoms with Crippen LogP contribution in [-0.2, 0) is 42.6 Å². The maximum Gasteiger partial charge on any atom is 0.405 e. The molecule has 0 aromatic carbocycles. The summed E-state index contributed by atoms with van der Waals surface area (Å²) >= 11 is 0. The molecule has 1 heterocycles. The maximum atomic E-state index is 11.4. The van der Waals surface area contributed by atoms with Crippen LogP contribution in [0.3, 0.4) is 0 Å². The number of carbonyl (C=O) groups is 4. The van der Waals surface area contributed by atoms with E-state index in [1.165, 1.54) is 6.92 Å². The van der Waals surface area contributed by atoms with Gasteiger partial charge in [0.1, 0.15) is 12.7 Å². The number of nitrogens with two attached hydrogens (primary N) is 1. The van der Waals surface area contributed by atoms with Crippen LogP contribution < -0.4 is 5.73 Å². The Morgan fingerprint density at radius 2 is 1.48 bits per heavy atom. The molecular formula is C13H20NO10P. The van der Waals surface area contributed by atoms with E-state index in [1.807, 2.05) is 9.47 Å². The van der Waals surface area contributed by atoms with E-state index in [0.29, 0.717) is 0 Å². The first-order chi connectivity index (χ1) is 11.6. The first-order valence-electron chi connectivity index (χ1n) is 7.10. The Morgan fingerprint density at radius 3 is 1.92 bits per heavy atom. The highest BCUT2D eigenvalue weighted by Crippen LogP contribution is 2.30. The summed E-state index contributed by atoms with van der Waals surface area (Å²) in [5.41, 5.74) is 5.04. The molecule has 11 nitrogen and oxygen atoms in total. The lowest BCUT2D eigenvalue weighted by Crippen LogP contribution is -2.62. The summed E-state index contributed by atoms with van der Waals surface area (Å²) in [6.07, 6.45) is -7.33. The topological polar surface area (TPSA) is 150 Å². The molecule has 1 amide bonds. The number of hydrogen-bond acceptors (Lipinski definition) is 10. The Morgan fingerprint density at radius 1 is 0.920 bits per heavy atom. The molecule has 0 radical (unpaired) electrons. The zero-order chi connectivity index (χ0) is 19.1. The third-order valence-corrected chi connectivity index (χ3v) is 3.30. The number of carbonyl (C=O) groups excluding carboxylic acids is 4. The number of primary amides is 1. The predicted octanol–water partition coefficient (Wildman–Crippen LogP) is -0.592. The van der Waals surface area contributed by atoms with Crippen molar-refractivity contribution in [2.45, 2.75) is 51.5 Å². The Labute approximate surface area is 145 Å². The van der Waals surface area contributed by atoms with Gasteiger partial charge in [-0.3, -0.25) is 14.4 Å². The molecule has 1 rings (SSSR count). The van der Waals surface area contributed by atoms with Crippen LogP contribution in [0, 0.1) is 0 Å². The van der Waals surface area contributed by atoms with Crippen molar-refractivity contribution < 1.29 is 47.4 Å². The lowest BCUT2D eigenvalue weighted by molar-refractivity contribution is -0.282. The molecule has 1 saturated heterocycles. The highest BCUT2D eigenvalue weighted by molar-refractivity contribution is 7.09. The lowest BCUT2D eigenvalue weighted by Gasteiger charge is -2.43. The molecule has 1 aliphatic rings. The second-order valence-electron chi connectivity index (χ2n) is 5.03. The standard InChI is InChI=1S/C13H20NO10P/c1-5(15)19-4-8-9(23-13(14)18)10(20-6(2)16)11(21-7(3)17)12(22-8)24-25/h8-12H,4,25H2,1-3H3,(H2,14,18)/t8-,9-,10+,11+,12-/m1/s1. The molecule has 0 aromatic rings. The molecule has 0 aromatic heterocycles. The third kappa shape index (κ3) is 6.45. The second kappa shape index (κ2) is 9.50. The van der Waals surface area contributed by atoms with Gasteiger partial charge in [0.2, 0.25) is 6.29 Å². The number of rotatable bonds is 6. The molecule has 1 aliphatic heterocycles. The van der Waals surface area contributed by atoms with Crippen LogP contribution in [0.1, 0.15) is 20.8 Å². The quantitative estimate of drug-likeness (QED) is 0.359. The van der Waals surface area contributed by atoms with Crippen LogP contribution in [0.4, 0.5) is 4.79 Å². The minimum absolute atomic E-state index is 0.345. The molecule has 12 heteroatoms. The van der Waals surface area contributed by atoms with Crippen molar-refractivity contribution in [3.63, 3.8) is 0 Å². The molecule has 0 aliphatic carbocycles. The molecule has 0 saturated carbocycles. The van der Waals surface area contributed by atoms with Crippen molar-refractivity contribution in [1.82, 2.24) is 0 Å². The molecule has 0 spiro atoms. The van der Waals surface area contributed by atoms with Gasteiger partial charge < -0.3 is 33.9 Å². The van der Waals surface area contributed by atoms with Crippen LogP contribution in [-0.4, -0.2) is 61.3 Å².